The van der Waals surface area contributed by atoms with Crippen LogP contribution in [0.25, 0.3) is 0 Å². The number of allylic oxidation sites excluding steroid dienone is 1. The molecule has 0 aliphatic rings. The molecule has 0 aromatic rings. The fraction of sp³-hybridized carbons (Fsp3) is 0.571. The van der Waals surface area contributed by atoms with Gasteiger partial charge < -0.3 is 10.1 Å². The molecule has 0 unspecified atom stereocenters. The van der Waals surface area contributed by atoms with Gasteiger partial charge in [0.25, 0.3) is 5.91 Å². The third-order valence-corrected chi connectivity index (χ3v) is 1.08. The Balaban J connectivity index is 3.35. The lowest BCUT2D eigenvalue weighted by molar-refractivity contribution is -0.123. The molecular weight excluding hydrogens is 130 g/mol. The van der Waals surface area contributed by atoms with Gasteiger partial charge in [0.2, 0.25) is 0 Å². The average Bonchev–Trinajstić information content (AvgIpc) is 1.99. The summed E-state index contributed by atoms with van der Waals surface area (Å²) in [5, 5.41) is 2.44. The number of carbonyl (C=O) groups excluding carboxylic acids is 1. The van der Waals surface area contributed by atoms with Crippen molar-refractivity contribution in [3.05, 3.63) is 12.3 Å². The van der Waals surface area contributed by atoms with E-state index >= 15 is 0 Å². The van der Waals surface area contributed by atoms with Crippen LogP contribution in [0.1, 0.15) is 13.3 Å². The minimum absolute atomic E-state index is 0.0726. The van der Waals surface area contributed by atoms with Crippen LogP contribution in [0.2, 0.25) is 0 Å². The third-order valence-electron chi connectivity index (χ3n) is 1.08. The number of hydrogen-bond donors (Lipinski definition) is 1. The van der Waals surface area contributed by atoms with Crippen LogP contribution < -0.4 is 5.32 Å². The number of carbonyl (C=O) groups is 1. The third kappa shape index (κ3) is 3.95. The van der Waals surface area contributed by atoms with E-state index in [1.807, 2.05) is 6.92 Å². The summed E-state index contributed by atoms with van der Waals surface area (Å²) < 4.78 is 4.94. The highest BCUT2D eigenvalue weighted by molar-refractivity contribution is 5.76. The second kappa shape index (κ2) is 4.85. The summed E-state index contributed by atoms with van der Waals surface area (Å²) in [7, 11) is 1.57. The molecule has 0 heterocycles. The van der Waals surface area contributed by atoms with Gasteiger partial charge in [0.1, 0.15) is 0 Å². The van der Waals surface area contributed by atoms with E-state index in [9.17, 15) is 4.79 Å². The van der Waals surface area contributed by atoms with E-state index in [2.05, 4.69) is 11.9 Å². The average molecular weight is 143 g/mol. The second-order valence-electron chi connectivity index (χ2n) is 1.85. The minimum Gasteiger partial charge on any atom is -0.489 e. The van der Waals surface area contributed by atoms with Gasteiger partial charge in [-0.2, -0.15) is 0 Å². The van der Waals surface area contributed by atoms with Gasteiger partial charge in [-0.1, -0.05) is 13.5 Å². The normalized spacial score (nSPS) is 8.60. The molecule has 0 fully saturated rings. The molecule has 0 aliphatic heterocycles. The predicted octanol–water partition coefficient (Wildman–Crippen LogP) is 0.673. The minimum atomic E-state index is -0.130. The van der Waals surface area contributed by atoms with Crippen LogP contribution in [0, 0.1) is 0 Å². The van der Waals surface area contributed by atoms with Gasteiger partial charge in [-0.15, -0.1) is 0 Å². The Morgan fingerprint density at radius 1 is 1.70 bits per heavy atom. The molecule has 3 heteroatoms. The molecule has 0 saturated heterocycles. The molecule has 0 radical (unpaired) electrons. The molecule has 0 saturated carbocycles. The molecule has 0 bridgehead atoms. The standard InChI is InChI=1S/C7H13NO2/c1-4-6(2)10-5-7(9)8-3/h2,4-5H2,1,3H3,(H,8,9). The quantitative estimate of drug-likeness (QED) is 0.587. The number of nitrogens with one attached hydrogen (secondary N) is 1. The van der Waals surface area contributed by atoms with E-state index < -0.39 is 0 Å². The first-order chi connectivity index (χ1) is 4.70. The Kier molecular flexibility index (Phi) is 4.37. The van der Waals surface area contributed by atoms with Crippen molar-refractivity contribution in [2.24, 2.45) is 0 Å². The van der Waals surface area contributed by atoms with E-state index in [1.165, 1.54) is 0 Å². The van der Waals surface area contributed by atoms with E-state index in [0.717, 1.165) is 6.42 Å². The Morgan fingerprint density at radius 2 is 2.30 bits per heavy atom. The SMILES string of the molecule is C=C(CC)OCC(=O)NC. The van der Waals surface area contributed by atoms with E-state index in [-0.39, 0.29) is 12.5 Å². The molecule has 0 atom stereocenters. The highest BCUT2D eigenvalue weighted by atomic mass is 16.5. The Labute approximate surface area is 61.1 Å². The fourth-order valence-corrected chi connectivity index (χ4v) is 0.342. The zero-order chi connectivity index (χ0) is 7.98. The molecular formula is C7H13NO2. The summed E-state index contributed by atoms with van der Waals surface area (Å²) in [4.78, 5) is 10.6. The molecule has 58 valence electrons. The van der Waals surface area contributed by atoms with Crippen LogP contribution in [0.4, 0.5) is 0 Å². The summed E-state index contributed by atoms with van der Waals surface area (Å²) >= 11 is 0. The van der Waals surface area contributed by atoms with Crippen molar-refractivity contribution in [3.63, 3.8) is 0 Å². The Morgan fingerprint density at radius 3 is 2.70 bits per heavy atom. The van der Waals surface area contributed by atoms with Crippen LogP contribution in [0.5, 0.6) is 0 Å². The summed E-state index contributed by atoms with van der Waals surface area (Å²) in [5.74, 6) is 0.512. The lowest BCUT2D eigenvalue weighted by Crippen LogP contribution is -2.22. The highest BCUT2D eigenvalue weighted by Crippen LogP contribution is 1.96. The largest absolute Gasteiger partial charge is 0.489 e. The molecule has 0 aromatic carbocycles. The smallest absolute Gasteiger partial charge is 0.257 e. The van der Waals surface area contributed by atoms with Gasteiger partial charge in [0.05, 0.1) is 5.76 Å². The molecule has 3 nitrogen and oxygen atoms in total. The van der Waals surface area contributed by atoms with Gasteiger partial charge in [0.15, 0.2) is 6.61 Å². The zero-order valence-electron chi connectivity index (χ0n) is 6.44. The maximum atomic E-state index is 10.6. The Bertz CT molecular complexity index is 116. The first kappa shape index (κ1) is 9.01. The summed E-state index contributed by atoms with van der Waals surface area (Å²) in [5.41, 5.74) is 0. The Hall–Kier alpha value is -0.990. The summed E-state index contributed by atoms with van der Waals surface area (Å²) in [6.07, 6.45) is 0.747. The number of hydrogen-bond acceptors (Lipinski definition) is 2. The lowest BCUT2D eigenvalue weighted by atomic mass is 10.4. The van der Waals surface area contributed by atoms with E-state index in [0.29, 0.717) is 5.76 Å². The zero-order valence-corrected chi connectivity index (χ0v) is 6.44. The molecule has 0 rings (SSSR count). The highest BCUT2D eigenvalue weighted by Gasteiger charge is 1.97. The molecule has 10 heavy (non-hydrogen) atoms. The first-order valence-corrected chi connectivity index (χ1v) is 3.21. The number of likely N-dealkylation sites (N-methyl/N-ethyl adjacent to an activating group) is 1. The van der Waals surface area contributed by atoms with Crippen molar-refractivity contribution in [2.45, 2.75) is 13.3 Å². The number of ether oxygens (including phenoxy) is 1. The molecule has 0 aliphatic carbocycles. The number of amides is 1. The van der Waals surface area contributed by atoms with Gasteiger partial charge in [0, 0.05) is 13.5 Å². The lowest BCUT2D eigenvalue weighted by Gasteiger charge is -2.04. The van der Waals surface area contributed by atoms with Crippen molar-refractivity contribution >= 4 is 5.91 Å². The summed E-state index contributed by atoms with van der Waals surface area (Å²) in [6.45, 7) is 5.57. The predicted molar refractivity (Wildman–Crippen MR) is 39.4 cm³/mol. The molecule has 1 N–H and O–H groups in total. The van der Waals surface area contributed by atoms with Crippen LogP contribution in [-0.4, -0.2) is 19.6 Å². The topological polar surface area (TPSA) is 38.3 Å². The molecule has 1 amide bonds. The monoisotopic (exact) mass is 143 g/mol. The maximum absolute atomic E-state index is 10.6. The van der Waals surface area contributed by atoms with Crippen molar-refractivity contribution in [3.8, 4) is 0 Å². The van der Waals surface area contributed by atoms with Crippen LogP contribution in [0.3, 0.4) is 0 Å². The van der Waals surface area contributed by atoms with Gasteiger partial charge >= 0.3 is 0 Å². The first-order valence-electron chi connectivity index (χ1n) is 3.21. The van der Waals surface area contributed by atoms with Crippen molar-refractivity contribution < 1.29 is 9.53 Å². The van der Waals surface area contributed by atoms with Gasteiger partial charge in [-0.3, -0.25) is 4.79 Å². The van der Waals surface area contributed by atoms with E-state index in [4.69, 9.17) is 4.74 Å². The van der Waals surface area contributed by atoms with Crippen molar-refractivity contribution in [1.29, 1.82) is 0 Å². The molecule has 0 spiro atoms. The van der Waals surface area contributed by atoms with Crippen LogP contribution in [-0.2, 0) is 9.53 Å². The maximum Gasteiger partial charge on any atom is 0.257 e. The van der Waals surface area contributed by atoms with Crippen LogP contribution >= 0.6 is 0 Å². The molecule has 0 aromatic heterocycles. The number of rotatable bonds is 4. The van der Waals surface area contributed by atoms with Crippen molar-refractivity contribution in [2.75, 3.05) is 13.7 Å². The van der Waals surface area contributed by atoms with Gasteiger partial charge in [-0.25, -0.2) is 0 Å². The van der Waals surface area contributed by atoms with Gasteiger partial charge in [-0.05, 0) is 0 Å². The second-order valence-corrected chi connectivity index (χ2v) is 1.85. The fourth-order valence-electron chi connectivity index (χ4n) is 0.342. The van der Waals surface area contributed by atoms with Crippen molar-refractivity contribution in [1.82, 2.24) is 5.32 Å². The van der Waals surface area contributed by atoms with E-state index in [1.54, 1.807) is 7.05 Å². The van der Waals surface area contributed by atoms with Crippen LogP contribution in [0.15, 0.2) is 12.3 Å². The summed E-state index contributed by atoms with van der Waals surface area (Å²) in [6, 6.07) is 0.